The highest BCUT2D eigenvalue weighted by atomic mass is 16.5. The highest BCUT2D eigenvalue weighted by Gasteiger charge is 2.22. The van der Waals surface area contributed by atoms with Crippen LogP contribution in [0.15, 0.2) is 24.3 Å². The van der Waals surface area contributed by atoms with Crippen LogP contribution in [0.1, 0.15) is 36.7 Å². The van der Waals surface area contributed by atoms with Crippen molar-refractivity contribution in [1.29, 1.82) is 0 Å². The smallest absolute Gasteiger partial charge is 0.325 e. The quantitative estimate of drug-likeness (QED) is 0.724. The Bertz CT molecular complexity index is 485. The van der Waals surface area contributed by atoms with Gasteiger partial charge in [0.15, 0.2) is 0 Å². The monoisotopic (exact) mass is 293 g/mol. The van der Waals surface area contributed by atoms with Gasteiger partial charge in [-0.2, -0.15) is 0 Å². The van der Waals surface area contributed by atoms with Crippen molar-refractivity contribution in [3.8, 4) is 0 Å². The SMILES string of the molecule is CCOC(=O)CN(C(=O)c1cccc(COC)c1)C(C)C. The Hall–Kier alpha value is -1.88. The summed E-state index contributed by atoms with van der Waals surface area (Å²) in [5.74, 6) is -0.580. The molecule has 0 saturated heterocycles. The fourth-order valence-electron chi connectivity index (χ4n) is 1.96. The van der Waals surface area contributed by atoms with Gasteiger partial charge < -0.3 is 14.4 Å². The van der Waals surface area contributed by atoms with Gasteiger partial charge in [-0.05, 0) is 38.5 Å². The summed E-state index contributed by atoms with van der Waals surface area (Å²) in [5, 5.41) is 0. The summed E-state index contributed by atoms with van der Waals surface area (Å²) in [6, 6.07) is 7.14. The van der Waals surface area contributed by atoms with Gasteiger partial charge in [-0.15, -0.1) is 0 Å². The van der Waals surface area contributed by atoms with E-state index in [2.05, 4.69) is 0 Å². The Morgan fingerprint density at radius 3 is 2.57 bits per heavy atom. The van der Waals surface area contributed by atoms with Gasteiger partial charge in [0.05, 0.1) is 13.2 Å². The fourth-order valence-corrected chi connectivity index (χ4v) is 1.96. The molecule has 0 spiro atoms. The summed E-state index contributed by atoms with van der Waals surface area (Å²) >= 11 is 0. The zero-order valence-electron chi connectivity index (χ0n) is 13.1. The summed E-state index contributed by atoms with van der Waals surface area (Å²) in [6.45, 7) is 6.20. The van der Waals surface area contributed by atoms with E-state index < -0.39 is 5.97 Å². The summed E-state index contributed by atoms with van der Waals surface area (Å²) in [7, 11) is 1.61. The van der Waals surface area contributed by atoms with Gasteiger partial charge in [0.25, 0.3) is 5.91 Å². The van der Waals surface area contributed by atoms with Crippen LogP contribution in [0, 0.1) is 0 Å². The Kier molecular flexibility index (Phi) is 6.88. The molecule has 0 fully saturated rings. The molecule has 0 atom stereocenters. The second kappa shape index (κ2) is 8.42. The molecular formula is C16H23NO4. The molecule has 0 unspecified atom stereocenters. The van der Waals surface area contributed by atoms with Crippen LogP contribution in [-0.4, -0.2) is 43.1 Å². The van der Waals surface area contributed by atoms with Crippen LogP contribution in [0.4, 0.5) is 0 Å². The van der Waals surface area contributed by atoms with E-state index in [4.69, 9.17) is 9.47 Å². The number of rotatable bonds is 7. The maximum absolute atomic E-state index is 12.6. The van der Waals surface area contributed by atoms with Crippen molar-refractivity contribution in [2.45, 2.75) is 33.4 Å². The topological polar surface area (TPSA) is 55.8 Å². The zero-order chi connectivity index (χ0) is 15.8. The highest BCUT2D eigenvalue weighted by molar-refractivity contribution is 5.96. The number of hydrogen-bond donors (Lipinski definition) is 0. The van der Waals surface area contributed by atoms with Crippen LogP contribution in [0.2, 0.25) is 0 Å². The third-order valence-corrected chi connectivity index (χ3v) is 2.97. The van der Waals surface area contributed by atoms with Crippen molar-refractivity contribution in [1.82, 2.24) is 4.90 Å². The van der Waals surface area contributed by atoms with Crippen LogP contribution in [0.25, 0.3) is 0 Å². The average Bonchev–Trinajstić information content (AvgIpc) is 2.45. The molecule has 21 heavy (non-hydrogen) atoms. The minimum atomic E-state index is -0.396. The summed E-state index contributed by atoms with van der Waals surface area (Å²) in [4.78, 5) is 25.7. The molecule has 1 aromatic carbocycles. The predicted octanol–water partition coefficient (Wildman–Crippen LogP) is 2.25. The van der Waals surface area contributed by atoms with E-state index in [-0.39, 0.29) is 18.5 Å². The largest absolute Gasteiger partial charge is 0.465 e. The van der Waals surface area contributed by atoms with Crippen molar-refractivity contribution in [3.63, 3.8) is 0 Å². The van der Waals surface area contributed by atoms with E-state index >= 15 is 0 Å². The maximum atomic E-state index is 12.6. The van der Waals surface area contributed by atoms with Crippen molar-refractivity contribution in [3.05, 3.63) is 35.4 Å². The first kappa shape index (κ1) is 17.2. The van der Waals surface area contributed by atoms with Crippen LogP contribution in [0.5, 0.6) is 0 Å². The Morgan fingerprint density at radius 1 is 1.29 bits per heavy atom. The van der Waals surface area contributed by atoms with Crippen LogP contribution < -0.4 is 0 Å². The van der Waals surface area contributed by atoms with Crippen molar-refractivity contribution in [2.24, 2.45) is 0 Å². The van der Waals surface area contributed by atoms with Crippen molar-refractivity contribution in [2.75, 3.05) is 20.3 Å². The zero-order valence-corrected chi connectivity index (χ0v) is 13.1. The van der Waals surface area contributed by atoms with Gasteiger partial charge >= 0.3 is 5.97 Å². The number of nitrogens with zero attached hydrogens (tertiary/aromatic N) is 1. The molecule has 0 saturated carbocycles. The Balaban J connectivity index is 2.90. The molecule has 1 amide bonds. The number of carbonyl (C=O) groups is 2. The van der Waals surface area contributed by atoms with Gasteiger partial charge in [-0.1, -0.05) is 12.1 Å². The van der Waals surface area contributed by atoms with Gasteiger partial charge in [0.1, 0.15) is 6.54 Å². The molecule has 0 aliphatic rings. The lowest BCUT2D eigenvalue weighted by atomic mass is 10.1. The first-order chi connectivity index (χ1) is 9.99. The van der Waals surface area contributed by atoms with E-state index in [1.165, 1.54) is 4.90 Å². The summed E-state index contributed by atoms with van der Waals surface area (Å²) in [5.41, 5.74) is 1.46. The van der Waals surface area contributed by atoms with Gasteiger partial charge in [-0.3, -0.25) is 9.59 Å². The second-order valence-electron chi connectivity index (χ2n) is 4.97. The number of methoxy groups -OCH3 is 1. The molecule has 1 rings (SSSR count). The van der Waals surface area contributed by atoms with Crippen molar-refractivity contribution >= 4 is 11.9 Å². The molecule has 0 N–H and O–H groups in total. The molecular weight excluding hydrogens is 270 g/mol. The lowest BCUT2D eigenvalue weighted by molar-refractivity contribution is -0.144. The number of esters is 1. The first-order valence-corrected chi connectivity index (χ1v) is 7.04. The molecule has 5 heteroatoms. The third kappa shape index (κ3) is 5.19. The van der Waals surface area contributed by atoms with Crippen LogP contribution in [0.3, 0.4) is 0 Å². The van der Waals surface area contributed by atoms with Crippen molar-refractivity contribution < 1.29 is 19.1 Å². The Labute approximate surface area is 125 Å². The molecule has 1 aromatic rings. The minimum Gasteiger partial charge on any atom is -0.465 e. The van der Waals surface area contributed by atoms with Gasteiger partial charge in [-0.25, -0.2) is 0 Å². The molecule has 0 aliphatic heterocycles. The second-order valence-corrected chi connectivity index (χ2v) is 4.97. The lowest BCUT2D eigenvalue weighted by Gasteiger charge is -2.26. The molecule has 0 aromatic heterocycles. The molecule has 0 bridgehead atoms. The minimum absolute atomic E-state index is 0.0428. The normalized spacial score (nSPS) is 10.5. The maximum Gasteiger partial charge on any atom is 0.325 e. The molecule has 0 radical (unpaired) electrons. The first-order valence-electron chi connectivity index (χ1n) is 7.04. The average molecular weight is 293 g/mol. The highest BCUT2D eigenvalue weighted by Crippen LogP contribution is 2.12. The predicted molar refractivity (Wildman–Crippen MR) is 80.0 cm³/mol. The standard InChI is InChI=1S/C16H23NO4/c1-5-21-15(18)10-17(12(2)3)16(19)14-8-6-7-13(9-14)11-20-4/h6-9,12H,5,10-11H2,1-4H3. The summed E-state index contributed by atoms with van der Waals surface area (Å²) < 4.78 is 9.99. The number of amides is 1. The van der Waals surface area contributed by atoms with E-state index in [1.54, 1.807) is 26.2 Å². The summed E-state index contributed by atoms with van der Waals surface area (Å²) in [6.07, 6.45) is 0. The number of benzene rings is 1. The third-order valence-electron chi connectivity index (χ3n) is 2.97. The van der Waals surface area contributed by atoms with E-state index in [0.717, 1.165) is 5.56 Å². The van der Waals surface area contributed by atoms with E-state index in [0.29, 0.717) is 18.8 Å². The number of hydrogen-bond acceptors (Lipinski definition) is 4. The van der Waals surface area contributed by atoms with Gasteiger partial charge in [0.2, 0.25) is 0 Å². The Morgan fingerprint density at radius 2 is 2.00 bits per heavy atom. The van der Waals surface area contributed by atoms with Crippen LogP contribution >= 0.6 is 0 Å². The van der Waals surface area contributed by atoms with Crippen LogP contribution in [-0.2, 0) is 20.9 Å². The molecule has 5 nitrogen and oxygen atoms in total. The molecule has 0 heterocycles. The van der Waals surface area contributed by atoms with Gasteiger partial charge in [0, 0.05) is 18.7 Å². The molecule has 116 valence electrons. The van der Waals surface area contributed by atoms with E-state index in [9.17, 15) is 9.59 Å². The fraction of sp³-hybridized carbons (Fsp3) is 0.500. The van der Waals surface area contributed by atoms with E-state index in [1.807, 2.05) is 26.0 Å². The lowest BCUT2D eigenvalue weighted by Crippen LogP contribution is -2.41. The number of ether oxygens (including phenoxy) is 2. The number of carbonyl (C=O) groups excluding carboxylic acids is 2. The molecule has 0 aliphatic carbocycles.